The van der Waals surface area contributed by atoms with Crippen molar-refractivity contribution in [3.8, 4) is 5.75 Å². The third-order valence-electron chi connectivity index (χ3n) is 2.45. The summed E-state index contributed by atoms with van der Waals surface area (Å²) < 4.78 is 33.3. The number of esters is 1. The van der Waals surface area contributed by atoms with Gasteiger partial charge in [0.25, 0.3) is 11.8 Å². The summed E-state index contributed by atoms with van der Waals surface area (Å²) in [5.74, 6) is -2.86. The maximum atomic E-state index is 12.2. The number of nitrogens with two attached hydrogens (primary N) is 1. The molecule has 1 aromatic carbocycles. The molecule has 7 nitrogen and oxygen atoms in total. The van der Waals surface area contributed by atoms with Crippen molar-refractivity contribution >= 4 is 17.8 Å². The zero-order valence-corrected chi connectivity index (χ0v) is 11.5. The number of hydrogen-bond acceptors (Lipinski definition) is 5. The second-order valence-electron chi connectivity index (χ2n) is 4.09. The molecule has 0 unspecified atom stereocenters. The van der Waals surface area contributed by atoms with Crippen LogP contribution in [0.1, 0.15) is 17.3 Å². The number of hydrogen-bond donors (Lipinski definition) is 2. The highest BCUT2D eigenvalue weighted by Crippen LogP contribution is 2.19. The molecular formula is C13H14F2N2O5. The second kappa shape index (κ2) is 7.91. The minimum Gasteiger partial charge on any atom is -0.451 e. The number of carbonyl (C=O) groups is 3. The highest BCUT2D eigenvalue weighted by atomic mass is 19.3. The molecule has 0 fully saturated rings. The van der Waals surface area contributed by atoms with E-state index in [1.807, 2.05) is 0 Å². The summed E-state index contributed by atoms with van der Waals surface area (Å²) in [5.41, 5.74) is 4.74. The lowest BCUT2D eigenvalue weighted by molar-refractivity contribution is -0.152. The van der Waals surface area contributed by atoms with E-state index in [4.69, 9.17) is 5.73 Å². The third-order valence-corrected chi connectivity index (χ3v) is 2.45. The highest BCUT2D eigenvalue weighted by Gasteiger charge is 2.18. The van der Waals surface area contributed by atoms with Crippen LogP contribution in [0.15, 0.2) is 24.3 Å². The second-order valence-corrected chi connectivity index (χ2v) is 4.09. The fourth-order valence-electron chi connectivity index (χ4n) is 1.40. The standard InChI is InChI=1S/C13H14F2N2O5/c1-7(11(16)19)21-10(18)6-17-12(20)8-4-2-3-5-9(8)22-13(14)15/h2-5,7,13H,6H2,1H3,(H2,16,19)(H,17,20)/t7-/m1/s1. The van der Waals surface area contributed by atoms with Crippen LogP contribution in [0, 0.1) is 0 Å². The number of para-hydroxylation sites is 1. The van der Waals surface area contributed by atoms with Gasteiger partial charge in [-0.2, -0.15) is 8.78 Å². The van der Waals surface area contributed by atoms with Gasteiger partial charge in [-0.05, 0) is 19.1 Å². The first kappa shape index (κ1) is 17.3. The van der Waals surface area contributed by atoms with Gasteiger partial charge in [0.05, 0.1) is 5.56 Å². The molecule has 0 aliphatic rings. The number of amides is 2. The Kier molecular flexibility index (Phi) is 6.24. The van der Waals surface area contributed by atoms with Crippen molar-refractivity contribution in [2.75, 3.05) is 6.54 Å². The molecule has 0 aromatic heterocycles. The van der Waals surface area contributed by atoms with E-state index in [1.165, 1.54) is 31.2 Å². The predicted molar refractivity (Wildman–Crippen MR) is 70.2 cm³/mol. The maximum Gasteiger partial charge on any atom is 0.387 e. The molecule has 1 aromatic rings. The molecule has 9 heteroatoms. The lowest BCUT2D eigenvalue weighted by Gasteiger charge is -2.12. The van der Waals surface area contributed by atoms with E-state index in [0.717, 1.165) is 0 Å². The van der Waals surface area contributed by atoms with Crippen molar-refractivity contribution in [1.29, 1.82) is 0 Å². The van der Waals surface area contributed by atoms with Gasteiger partial charge in [-0.25, -0.2) is 0 Å². The fourth-order valence-corrected chi connectivity index (χ4v) is 1.40. The van der Waals surface area contributed by atoms with E-state index in [-0.39, 0.29) is 11.3 Å². The smallest absolute Gasteiger partial charge is 0.387 e. The number of alkyl halides is 2. The molecule has 0 saturated carbocycles. The third kappa shape index (κ3) is 5.35. The molecule has 0 heterocycles. The number of benzene rings is 1. The molecule has 0 aliphatic heterocycles. The normalized spacial score (nSPS) is 11.6. The Morgan fingerprint density at radius 1 is 1.27 bits per heavy atom. The van der Waals surface area contributed by atoms with Crippen LogP contribution in [0.2, 0.25) is 0 Å². The molecule has 3 N–H and O–H groups in total. The highest BCUT2D eigenvalue weighted by molar-refractivity contribution is 5.98. The van der Waals surface area contributed by atoms with E-state index in [9.17, 15) is 23.2 Å². The first-order chi connectivity index (χ1) is 10.3. The van der Waals surface area contributed by atoms with Crippen LogP contribution in [-0.2, 0) is 14.3 Å². The molecule has 0 aliphatic carbocycles. The van der Waals surface area contributed by atoms with Crippen LogP contribution in [0.4, 0.5) is 8.78 Å². The molecule has 0 radical (unpaired) electrons. The van der Waals surface area contributed by atoms with E-state index >= 15 is 0 Å². The van der Waals surface area contributed by atoms with Gasteiger partial charge >= 0.3 is 12.6 Å². The lowest BCUT2D eigenvalue weighted by Crippen LogP contribution is -2.36. The summed E-state index contributed by atoms with van der Waals surface area (Å²) in [5, 5.41) is 2.17. The Labute approximate surface area is 124 Å². The summed E-state index contributed by atoms with van der Waals surface area (Å²) in [4.78, 5) is 33.9. The minimum atomic E-state index is -3.09. The number of primary amides is 1. The van der Waals surface area contributed by atoms with E-state index in [2.05, 4.69) is 14.8 Å². The quantitative estimate of drug-likeness (QED) is 0.710. The Balaban J connectivity index is 2.63. The molecule has 1 rings (SSSR count). The minimum absolute atomic E-state index is 0.168. The van der Waals surface area contributed by atoms with E-state index in [0.29, 0.717) is 0 Å². The fraction of sp³-hybridized carbons (Fsp3) is 0.308. The van der Waals surface area contributed by atoms with E-state index in [1.54, 1.807) is 0 Å². The van der Waals surface area contributed by atoms with Crippen molar-refractivity contribution in [3.63, 3.8) is 0 Å². The van der Waals surface area contributed by atoms with Gasteiger partial charge in [-0.1, -0.05) is 12.1 Å². The average Bonchev–Trinajstić information content (AvgIpc) is 2.44. The lowest BCUT2D eigenvalue weighted by atomic mass is 10.2. The van der Waals surface area contributed by atoms with Crippen molar-refractivity contribution < 1.29 is 32.6 Å². The van der Waals surface area contributed by atoms with Crippen molar-refractivity contribution in [1.82, 2.24) is 5.32 Å². The Morgan fingerprint density at radius 3 is 2.50 bits per heavy atom. The van der Waals surface area contributed by atoms with Gasteiger partial charge in [-0.15, -0.1) is 0 Å². The molecule has 1 atom stereocenters. The summed E-state index contributed by atoms with van der Waals surface area (Å²) in [6.45, 7) is -2.37. The Hall–Kier alpha value is -2.71. The summed E-state index contributed by atoms with van der Waals surface area (Å²) >= 11 is 0. The first-order valence-electron chi connectivity index (χ1n) is 6.12. The Bertz CT molecular complexity index is 565. The zero-order chi connectivity index (χ0) is 16.7. The van der Waals surface area contributed by atoms with Crippen LogP contribution in [0.3, 0.4) is 0 Å². The van der Waals surface area contributed by atoms with Gasteiger partial charge in [-0.3, -0.25) is 14.4 Å². The monoisotopic (exact) mass is 316 g/mol. The number of halogens is 2. The summed E-state index contributed by atoms with van der Waals surface area (Å²) in [7, 11) is 0. The summed E-state index contributed by atoms with van der Waals surface area (Å²) in [6.07, 6.45) is -1.14. The van der Waals surface area contributed by atoms with Gasteiger partial charge in [0.1, 0.15) is 12.3 Å². The summed E-state index contributed by atoms with van der Waals surface area (Å²) in [6, 6.07) is 5.30. The SMILES string of the molecule is C[C@@H](OC(=O)CNC(=O)c1ccccc1OC(F)F)C(N)=O. The van der Waals surface area contributed by atoms with Gasteiger partial charge in [0.15, 0.2) is 6.10 Å². The Morgan fingerprint density at radius 2 is 1.91 bits per heavy atom. The van der Waals surface area contributed by atoms with Crippen molar-refractivity contribution in [2.45, 2.75) is 19.6 Å². The maximum absolute atomic E-state index is 12.2. The average molecular weight is 316 g/mol. The molecule has 0 spiro atoms. The van der Waals surface area contributed by atoms with E-state index < -0.39 is 37.0 Å². The number of carbonyl (C=O) groups excluding carboxylic acids is 3. The van der Waals surface area contributed by atoms with Crippen LogP contribution in [0.5, 0.6) is 5.75 Å². The number of ether oxygens (including phenoxy) is 2. The predicted octanol–water partition coefficient (Wildman–Crippen LogP) is 0.435. The largest absolute Gasteiger partial charge is 0.451 e. The van der Waals surface area contributed by atoms with Crippen LogP contribution < -0.4 is 15.8 Å². The molecule has 0 bridgehead atoms. The first-order valence-corrected chi connectivity index (χ1v) is 6.12. The number of nitrogens with one attached hydrogen (secondary N) is 1. The number of rotatable bonds is 7. The van der Waals surface area contributed by atoms with Crippen LogP contribution in [0.25, 0.3) is 0 Å². The zero-order valence-electron chi connectivity index (χ0n) is 11.5. The topological polar surface area (TPSA) is 108 Å². The van der Waals surface area contributed by atoms with Gasteiger partial charge in [0.2, 0.25) is 0 Å². The molecule has 120 valence electrons. The van der Waals surface area contributed by atoms with Crippen molar-refractivity contribution in [2.24, 2.45) is 5.73 Å². The van der Waals surface area contributed by atoms with Crippen LogP contribution >= 0.6 is 0 Å². The van der Waals surface area contributed by atoms with Crippen molar-refractivity contribution in [3.05, 3.63) is 29.8 Å². The molecule has 2 amide bonds. The van der Waals surface area contributed by atoms with Crippen LogP contribution in [-0.4, -0.2) is 37.0 Å². The molecular weight excluding hydrogens is 302 g/mol. The molecule has 0 saturated heterocycles. The van der Waals surface area contributed by atoms with Gasteiger partial charge in [0, 0.05) is 0 Å². The van der Waals surface area contributed by atoms with Gasteiger partial charge < -0.3 is 20.5 Å². The molecule has 22 heavy (non-hydrogen) atoms.